The van der Waals surface area contributed by atoms with Gasteiger partial charge in [-0.05, 0) is 37.1 Å². The number of nitrogens with zero attached hydrogens (tertiary/aromatic N) is 2. The van der Waals surface area contributed by atoms with Crippen LogP contribution in [0.5, 0.6) is 0 Å². The first-order chi connectivity index (χ1) is 9.56. The predicted octanol–water partition coefficient (Wildman–Crippen LogP) is 2.29. The van der Waals surface area contributed by atoms with E-state index >= 15 is 0 Å². The second kappa shape index (κ2) is 6.38. The van der Waals surface area contributed by atoms with Gasteiger partial charge in [0.15, 0.2) is 5.82 Å². The lowest BCUT2D eigenvalue weighted by Crippen LogP contribution is -2.22. The second-order valence-electron chi connectivity index (χ2n) is 4.53. The molecule has 0 radical (unpaired) electrons. The van der Waals surface area contributed by atoms with E-state index in [0.717, 1.165) is 12.0 Å². The summed E-state index contributed by atoms with van der Waals surface area (Å²) >= 11 is 4.97. The number of anilines is 1. The van der Waals surface area contributed by atoms with Crippen LogP contribution < -0.4 is 11.1 Å². The van der Waals surface area contributed by atoms with Crippen molar-refractivity contribution in [2.75, 3.05) is 5.32 Å². The molecule has 0 saturated heterocycles. The molecule has 0 aliphatic carbocycles. The fourth-order valence-corrected chi connectivity index (χ4v) is 2.06. The molecular weight excluding hydrogens is 275 g/mol. The van der Waals surface area contributed by atoms with E-state index in [1.54, 1.807) is 24.4 Å². The molecule has 0 bridgehead atoms. The largest absolute Gasteiger partial charge is 0.389 e. The SMILES string of the molecule is CC(Cc1ccc(F)cc1)Nc1nnccc1C(N)=S. The van der Waals surface area contributed by atoms with Crippen molar-refractivity contribution in [2.45, 2.75) is 19.4 Å². The number of nitrogens with two attached hydrogens (primary N) is 1. The van der Waals surface area contributed by atoms with Crippen molar-refractivity contribution in [1.29, 1.82) is 0 Å². The lowest BCUT2D eigenvalue weighted by molar-refractivity contribution is 0.626. The summed E-state index contributed by atoms with van der Waals surface area (Å²) < 4.78 is 12.9. The van der Waals surface area contributed by atoms with Gasteiger partial charge >= 0.3 is 0 Å². The first kappa shape index (κ1) is 14.3. The highest BCUT2D eigenvalue weighted by atomic mass is 32.1. The maximum absolute atomic E-state index is 12.9. The Labute approximate surface area is 122 Å². The van der Waals surface area contributed by atoms with Crippen LogP contribution in [-0.4, -0.2) is 21.2 Å². The number of nitrogens with one attached hydrogen (secondary N) is 1. The van der Waals surface area contributed by atoms with Gasteiger partial charge in [0.05, 0.1) is 11.8 Å². The zero-order valence-corrected chi connectivity index (χ0v) is 11.8. The summed E-state index contributed by atoms with van der Waals surface area (Å²) in [5, 5.41) is 11.0. The Morgan fingerprint density at radius 1 is 1.35 bits per heavy atom. The van der Waals surface area contributed by atoms with Gasteiger partial charge in [0.25, 0.3) is 0 Å². The number of hydrogen-bond acceptors (Lipinski definition) is 4. The minimum absolute atomic E-state index is 0.0882. The van der Waals surface area contributed by atoms with Crippen LogP contribution in [0.15, 0.2) is 36.5 Å². The van der Waals surface area contributed by atoms with Gasteiger partial charge in [-0.25, -0.2) is 4.39 Å². The van der Waals surface area contributed by atoms with Gasteiger partial charge in [0.1, 0.15) is 10.8 Å². The smallest absolute Gasteiger partial charge is 0.159 e. The summed E-state index contributed by atoms with van der Waals surface area (Å²) in [6, 6.07) is 8.24. The van der Waals surface area contributed by atoms with E-state index in [-0.39, 0.29) is 16.8 Å². The molecule has 1 aromatic heterocycles. The van der Waals surface area contributed by atoms with Gasteiger partial charge in [-0.1, -0.05) is 24.4 Å². The number of aromatic nitrogens is 2. The monoisotopic (exact) mass is 290 g/mol. The van der Waals surface area contributed by atoms with E-state index in [9.17, 15) is 4.39 Å². The van der Waals surface area contributed by atoms with Crippen LogP contribution in [0.4, 0.5) is 10.2 Å². The Morgan fingerprint density at radius 2 is 2.05 bits per heavy atom. The minimum Gasteiger partial charge on any atom is -0.389 e. The van der Waals surface area contributed by atoms with Crippen molar-refractivity contribution in [3.05, 3.63) is 53.5 Å². The molecule has 0 aliphatic rings. The molecule has 104 valence electrons. The molecule has 1 aromatic carbocycles. The van der Waals surface area contributed by atoms with Crippen molar-refractivity contribution in [3.63, 3.8) is 0 Å². The average Bonchev–Trinajstić information content (AvgIpc) is 2.41. The van der Waals surface area contributed by atoms with E-state index in [1.807, 2.05) is 6.92 Å². The van der Waals surface area contributed by atoms with Crippen molar-refractivity contribution in [2.24, 2.45) is 5.73 Å². The zero-order chi connectivity index (χ0) is 14.5. The first-order valence-corrected chi connectivity index (χ1v) is 6.59. The fraction of sp³-hybridized carbons (Fsp3) is 0.214. The van der Waals surface area contributed by atoms with Crippen LogP contribution in [0.2, 0.25) is 0 Å². The Hall–Kier alpha value is -2.08. The van der Waals surface area contributed by atoms with Crippen LogP contribution >= 0.6 is 12.2 Å². The van der Waals surface area contributed by atoms with E-state index in [0.29, 0.717) is 11.4 Å². The molecular formula is C14H15FN4S. The molecule has 1 unspecified atom stereocenters. The maximum atomic E-state index is 12.9. The fourth-order valence-electron chi connectivity index (χ4n) is 1.90. The zero-order valence-electron chi connectivity index (χ0n) is 11.0. The molecule has 3 N–H and O–H groups in total. The normalized spacial score (nSPS) is 11.9. The van der Waals surface area contributed by atoms with E-state index in [4.69, 9.17) is 18.0 Å². The third kappa shape index (κ3) is 3.71. The summed E-state index contributed by atoms with van der Waals surface area (Å²) in [5.74, 6) is 0.327. The van der Waals surface area contributed by atoms with Crippen LogP contribution in [0.3, 0.4) is 0 Å². The molecule has 0 aliphatic heterocycles. The van der Waals surface area contributed by atoms with Crippen LogP contribution in [0.25, 0.3) is 0 Å². The van der Waals surface area contributed by atoms with Gasteiger partial charge in [0, 0.05) is 6.04 Å². The second-order valence-corrected chi connectivity index (χ2v) is 4.97. The van der Waals surface area contributed by atoms with E-state index in [1.165, 1.54) is 12.1 Å². The number of rotatable bonds is 5. The van der Waals surface area contributed by atoms with Crippen molar-refractivity contribution < 1.29 is 4.39 Å². The Morgan fingerprint density at radius 3 is 2.70 bits per heavy atom. The Kier molecular flexibility index (Phi) is 4.57. The summed E-state index contributed by atoms with van der Waals surface area (Å²) in [6.45, 7) is 2.00. The third-order valence-corrected chi connectivity index (χ3v) is 3.04. The molecule has 0 saturated carbocycles. The summed E-state index contributed by atoms with van der Waals surface area (Å²) in [5.41, 5.74) is 7.34. The number of halogens is 1. The number of hydrogen-bond donors (Lipinski definition) is 2. The van der Waals surface area contributed by atoms with Crippen LogP contribution in [0, 0.1) is 5.82 Å². The highest BCUT2D eigenvalue weighted by Gasteiger charge is 2.10. The molecule has 2 aromatic rings. The van der Waals surface area contributed by atoms with Gasteiger partial charge in [0.2, 0.25) is 0 Å². The molecule has 1 atom stereocenters. The van der Waals surface area contributed by atoms with E-state index < -0.39 is 0 Å². The molecule has 0 fully saturated rings. The molecule has 4 nitrogen and oxygen atoms in total. The maximum Gasteiger partial charge on any atom is 0.159 e. The standard InChI is InChI=1S/C14H15FN4S/c1-9(8-10-2-4-11(15)5-3-10)18-14-12(13(16)20)6-7-17-19-14/h2-7,9H,8H2,1H3,(H2,16,20)(H,18,19). The van der Waals surface area contributed by atoms with Gasteiger partial charge in [-0.2, -0.15) is 5.10 Å². The van der Waals surface area contributed by atoms with E-state index in [2.05, 4.69) is 15.5 Å². The molecule has 6 heteroatoms. The Bertz CT molecular complexity index is 600. The predicted molar refractivity (Wildman–Crippen MR) is 81.1 cm³/mol. The van der Waals surface area contributed by atoms with Crippen LogP contribution in [-0.2, 0) is 6.42 Å². The lowest BCUT2D eigenvalue weighted by Gasteiger charge is -2.16. The summed E-state index contributed by atoms with van der Waals surface area (Å²) in [6.07, 6.45) is 2.28. The third-order valence-electron chi connectivity index (χ3n) is 2.82. The van der Waals surface area contributed by atoms with Gasteiger partial charge in [-0.3, -0.25) is 0 Å². The molecule has 0 spiro atoms. The quantitative estimate of drug-likeness (QED) is 0.827. The number of benzene rings is 1. The summed E-state index contributed by atoms with van der Waals surface area (Å²) in [4.78, 5) is 0.274. The topological polar surface area (TPSA) is 63.8 Å². The molecule has 0 amide bonds. The van der Waals surface area contributed by atoms with Crippen LogP contribution in [0.1, 0.15) is 18.1 Å². The minimum atomic E-state index is -0.237. The molecule has 20 heavy (non-hydrogen) atoms. The molecule has 1 heterocycles. The lowest BCUT2D eigenvalue weighted by atomic mass is 10.1. The van der Waals surface area contributed by atoms with Gasteiger partial charge < -0.3 is 11.1 Å². The summed E-state index contributed by atoms with van der Waals surface area (Å²) in [7, 11) is 0. The van der Waals surface area contributed by atoms with Crippen molar-refractivity contribution in [3.8, 4) is 0 Å². The van der Waals surface area contributed by atoms with Crippen molar-refractivity contribution >= 4 is 23.0 Å². The highest BCUT2D eigenvalue weighted by Crippen LogP contribution is 2.13. The van der Waals surface area contributed by atoms with Gasteiger partial charge in [-0.15, -0.1) is 5.10 Å². The highest BCUT2D eigenvalue weighted by molar-refractivity contribution is 7.80. The number of thiocarbonyl (C=S) groups is 1. The first-order valence-electron chi connectivity index (χ1n) is 6.18. The molecule has 2 rings (SSSR count). The average molecular weight is 290 g/mol. The Balaban J connectivity index is 2.06. The van der Waals surface area contributed by atoms with Crippen molar-refractivity contribution in [1.82, 2.24) is 10.2 Å².